The Morgan fingerprint density at radius 3 is 2.29 bits per heavy atom. The maximum Gasteiger partial charge on any atom is 0.119 e. The fourth-order valence-electron chi connectivity index (χ4n) is 3.50. The Kier molecular flexibility index (Phi) is 5.65. The van der Waals surface area contributed by atoms with E-state index < -0.39 is 6.10 Å². The minimum absolute atomic E-state index is 0.363. The van der Waals surface area contributed by atoms with E-state index in [4.69, 9.17) is 4.74 Å². The van der Waals surface area contributed by atoms with Gasteiger partial charge in [-0.25, -0.2) is 0 Å². The maximum atomic E-state index is 10.2. The highest BCUT2D eigenvalue weighted by atomic mass is 16.5. The number of ether oxygens (including phenoxy) is 1. The van der Waals surface area contributed by atoms with E-state index in [1.54, 1.807) is 0 Å². The van der Waals surface area contributed by atoms with Crippen LogP contribution in [0.4, 0.5) is 0 Å². The summed E-state index contributed by atoms with van der Waals surface area (Å²) in [4.78, 5) is 2.37. The van der Waals surface area contributed by atoms with Crippen molar-refractivity contribution < 1.29 is 9.84 Å². The number of hydrogen-bond donors (Lipinski definition) is 1. The maximum absolute atomic E-state index is 10.2. The van der Waals surface area contributed by atoms with Gasteiger partial charge in [0.1, 0.15) is 18.5 Å². The molecular weight excluding hydrogens is 262 g/mol. The number of benzene rings is 1. The van der Waals surface area contributed by atoms with Crippen LogP contribution in [0.5, 0.6) is 5.75 Å². The molecule has 21 heavy (non-hydrogen) atoms. The number of nitrogens with zero attached hydrogens (tertiary/aromatic N) is 1. The number of piperidine rings is 1. The van der Waals surface area contributed by atoms with Crippen LogP contribution in [0.15, 0.2) is 18.2 Å². The zero-order valence-corrected chi connectivity index (χ0v) is 13.8. The zero-order chi connectivity index (χ0) is 15.4. The molecule has 2 rings (SSSR count). The molecule has 0 unspecified atom stereocenters. The van der Waals surface area contributed by atoms with Crippen LogP contribution in [0.3, 0.4) is 0 Å². The molecule has 1 fully saturated rings. The lowest BCUT2D eigenvalue weighted by Crippen LogP contribution is -2.44. The second-order valence-corrected chi connectivity index (χ2v) is 6.95. The Bertz CT molecular complexity index is 430. The summed E-state index contributed by atoms with van der Waals surface area (Å²) in [6.45, 7) is 12.0. The smallest absolute Gasteiger partial charge is 0.119 e. The average Bonchev–Trinajstić information content (AvgIpc) is 2.34. The van der Waals surface area contributed by atoms with Crippen molar-refractivity contribution in [3.05, 3.63) is 29.3 Å². The second-order valence-electron chi connectivity index (χ2n) is 6.95. The average molecular weight is 291 g/mol. The Morgan fingerprint density at radius 1 is 1.14 bits per heavy atom. The van der Waals surface area contributed by atoms with Gasteiger partial charge in [-0.1, -0.05) is 19.9 Å². The van der Waals surface area contributed by atoms with Gasteiger partial charge >= 0.3 is 0 Å². The van der Waals surface area contributed by atoms with Crippen molar-refractivity contribution >= 4 is 0 Å². The van der Waals surface area contributed by atoms with E-state index in [1.807, 2.05) is 12.1 Å². The van der Waals surface area contributed by atoms with Gasteiger partial charge in [0.25, 0.3) is 0 Å². The van der Waals surface area contributed by atoms with Crippen molar-refractivity contribution in [1.29, 1.82) is 0 Å². The Morgan fingerprint density at radius 2 is 1.71 bits per heavy atom. The summed E-state index contributed by atoms with van der Waals surface area (Å²) in [6.07, 6.45) is 0.870. The van der Waals surface area contributed by atoms with Crippen molar-refractivity contribution in [2.75, 3.05) is 26.2 Å². The van der Waals surface area contributed by atoms with Crippen molar-refractivity contribution in [2.45, 2.75) is 40.2 Å². The molecule has 1 aliphatic rings. The zero-order valence-electron chi connectivity index (χ0n) is 13.8. The van der Waals surface area contributed by atoms with Gasteiger partial charge in [-0.2, -0.15) is 0 Å². The number of aliphatic hydroxyl groups is 1. The number of rotatable bonds is 5. The van der Waals surface area contributed by atoms with E-state index in [0.29, 0.717) is 13.2 Å². The first kappa shape index (κ1) is 16.3. The van der Waals surface area contributed by atoms with Crippen molar-refractivity contribution in [3.63, 3.8) is 0 Å². The number of likely N-dealkylation sites (tertiary alicyclic amines) is 1. The molecule has 1 N–H and O–H groups in total. The molecule has 3 atom stereocenters. The molecule has 0 radical (unpaired) electrons. The summed E-state index contributed by atoms with van der Waals surface area (Å²) < 4.78 is 5.75. The van der Waals surface area contributed by atoms with Gasteiger partial charge in [0.2, 0.25) is 0 Å². The van der Waals surface area contributed by atoms with E-state index in [-0.39, 0.29) is 0 Å². The predicted octanol–water partition coefficient (Wildman–Crippen LogP) is 3.02. The van der Waals surface area contributed by atoms with Crippen LogP contribution in [-0.4, -0.2) is 42.4 Å². The van der Waals surface area contributed by atoms with Gasteiger partial charge in [-0.15, -0.1) is 0 Å². The van der Waals surface area contributed by atoms with Crippen LogP contribution >= 0.6 is 0 Å². The first-order valence-corrected chi connectivity index (χ1v) is 8.04. The summed E-state index contributed by atoms with van der Waals surface area (Å²) >= 11 is 0. The van der Waals surface area contributed by atoms with E-state index in [0.717, 1.165) is 30.7 Å². The molecule has 3 heteroatoms. The van der Waals surface area contributed by atoms with E-state index >= 15 is 0 Å². The molecule has 0 aliphatic carbocycles. The molecule has 0 spiro atoms. The second kappa shape index (κ2) is 7.28. The van der Waals surface area contributed by atoms with Crippen LogP contribution < -0.4 is 4.74 Å². The highest BCUT2D eigenvalue weighted by molar-refractivity contribution is 5.32. The van der Waals surface area contributed by atoms with Crippen LogP contribution in [0.1, 0.15) is 31.4 Å². The van der Waals surface area contributed by atoms with Crippen molar-refractivity contribution in [2.24, 2.45) is 11.8 Å². The topological polar surface area (TPSA) is 32.7 Å². The van der Waals surface area contributed by atoms with Crippen LogP contribution in [0, 0.1) is 25.7 Å². The molecule has 1 aromatic carbocycles. The molecule has 0 saturated carbocycles. The number of aliphatic hydroxyl groups excluding tert-OH is 1. The lowest BCUT2D eigenvalue weighted by molar-refractivity contribution is 0.0428. The molecule has 1 aliphatic heterocycles. The van der Waals surface area contributed by atoms with Gasteiger partial charge in [-0.05, 0) is 55.4 Å². The minimum Gasteiger partial charge on any atom is -0.491 e. The first-order valence-electron chi connectivity index (χ1n) is 8.04. The Balaban J connectivity index is 1.80. The molecule has 0 aromatic heterocycles. The van der Waals surface area contributed by atoms with Gasteiger partial charge < -0.3 is 14.7 Å². The molecule has 1 saturated heterocycles. The normalized spacial score (nSPS) is 24.8. The highest BCUT2D eigenvalue weighted by Crippen LogP contribution is 2.21. The Hall–Kier alpha value is -1.06. The summed E-state index contributed by atoms with van der Waals surface area (Å²) in [7, 11) is 0. The predicted molar refractivity (Wildman–Crippen MR) is 86.8 cm³/mol. The van der Waals surface area contributed by atoms with E-state index in [2.05, 4.69) is 38.7 Å². The van der Waals surface area contributed by atoms with Gasteiger partial charge in [0.15, 0.2) is 0 Å². The largest absolute Gasteiger partial charge is 0.491 e. The van der Waals surface area contributed by atoms with Gasteiger partial charge in [-0.3, -0.25) is 0 Å². The highest BCUT2D eigenvalue weighted by Gasteiger charge is 2.23. The van der Waals surface area contributed by atoms with Crippen molar-refractivity contribution in [3.8, 4) is 5.75 Å². The summed E-state index contributed by atoms with van der Waals surface area (Å²) in [5, 5.41) is 10.2. The third-order valence-electron chi connectivity index (χ3n) is 4.05. The van der Waals surface area contributed by atoms with E-state index in [1.165, 1.54) is 17.5 Å². The molecule has 0 amide bonds. The summed E-state index contributed by atoms with van der Waals surface area (Å²) in [6, 6.07) is 6.16. The first-order chi connectivity index (χ1) is 9.92. The fraction of sp³-hybridized carbons (Fsp3) is 0.667. The third-order valence-corrected chi connectivity index (χ3v) is 4.05. The molecular formula is C18H29NO2. The summed E-state index contributed by atoms with van der Waals surface area (Å²) in [5.41, 5.74) is 2.39. The molecule has 118 valence electrons. The van der Waals surface area contributed by atoms with Crippen molar-refractivity contribution in [1.82, 2.24) is 4.90 Å². The molecule has 1 heterocycles. The third kappa shape index (κ3) is 5.33. The number of hydrogen-bond acceptors (Lipinski definition) is 3. The lowest BCUT2D eigenvalue weighted by atomic mass is 9.92. The SMILES string of the molecule is Cc1cc(C)cc(OC[C@@H](O)CN2C[C@@H](C)C[C@H](C)C2)c1. The minimum atomic E-state index is -0.427. The Labute approximate surface area is 128 Å². The number of β-amino-alcohol motifs (C(OH)–C–C–N with tert-alkyl or cyclic N) is 1. The monoisotopic (exact) mass is 291 g/mol. The molecule has 0 bridgehead atoms. The van der Waals surface area contributed by atoms with Gasteiger partial charge in [0, 0.05) is 19.6 Å². The van der Waals surface area contributed by atoms with Crippen LogP contribution in [0.25, 0.3) is 0 Å². The number of aryl methyl sites for hydroxylation is 2. The van der Waals surface area contributed by atoms with Crippen LogP contribution in [-0.2, 0) is 0 Å². The lowest BCUT2D eigenvalue weighted by Gasteiger charge is -2.35. The molecule has 3 nitrogen and oxygen atoms in total. The van der Waals surface area contributed by atoms with Gasteiger partial charge in [0.05, 0.1) is 0 Å². The fourth-order valence-corrected chi connectivity index (χ4v) is 3.50. The quantitative estimate of drug-likeness (QED) is 0.905. The molecule has 1 aromatic rings. The van der Waals surface area contributed by atoms with Crippen LogP contribution in [0.2, 0.25) is 0 Å². The van der Waals surface area contributed by atoms with E-state index in [9.17, 15) is 5.11 Å². The summed E-state index contributed by atoms with van der Waals surface area (Å²) in [5.74, 6) is 2.30. The standard InChI is InChI=1S/C18H29NO2/c1-13-5-14(2)8-18(7-13)21-12-17(20)11-19-9-15(3)6-16(4)10-19/h5,7-8,15-17,20H,6,9-12H2,1-4H3/t15-,16-,17-/m0/s1.